The van der Waals surface area contributed by atoms with Gasteiger partial charge in [-0.15, -0.1) is 0 Å². The van der Waals surface area contributed by atoms with E-state index in [-0.39, 0.29) is 0 Å². The third-order valence-corrected chi connectivity index (χ3v) is 11.2. The Morgan fingerprint density at radius 2 is 1.08 bits per heavy atom. The summed E-state index contributed by atoms with van der Waals surface area (Å²) in [5.74, 6) is 1.20. The molecule has 0 saturated heterocycles. The molecule has 3 aromatic carbocycles. The van der Waals surface area contributed by atoms with E-state index in [1.165, 1.54) is 33.4 Å². The molecule has 2 aliphatic heterocycles. The van der Waals surface area contributed by atoms with E-state index in [2.05, 4.69) is 48.5 Å². The van der Waals surface area contributed by atoms with Crippen LogP contribution >= 0.6 is 0 Å². The van der Waals surface area contributed by atoms with Crippen LogP contribution in [0, 0.1) is 5.41 Å². The molecule has 0 radical (unpaired) electrons. The van der Waals surface area contributed by atoms with Gasteiger partial charge in [-0.3, -0.25) is 13.2 Å². The Kier molecular flexibility index (Phi) is 4.74. The van der Waals surface area contributed by atoms with Crippen LogP contribution in [-0.4, -0.2) is 14.2 Å². The smallest absolute Gasteiger partial charge is 0.160 e. The number of hydrogen-bond donors (Lipinski definition) is 0. The number of carbonyl (C=O) groups is 1. The lowest BCUT2D eigenvalue weighted by molar-refractivity contribution is -0.135. The van der Waals surface area contributed by atoms with Crippen molar-refractivity contribution in [3.05, 3.63) is 104 Å². The number of hydrogen-bond acceptors (Lipinski definition) is 5. The summed E-state index contributed by atoms with van der Waals surface area (Å²) in [4.78, 5) is 14.9. The first-order valence-corrected chi connectivity index (χ1v) is 15.4. The van der Waals surface area contributed by atoms with Gasteiger partial charge in [0, 0.05) is 5.41 Å². The van der Waals surface area contributed by atoms with Gasteiger partial charge in [0.05, 0.1) is 30.1 Å². The van der Waals surface area contributed by atoms with E-state index in [9.17, 15) is 13.2 Å². The highest BCUT2D eigenvalue weighted by atomic mass is 32.2. The Morgan fingerprint density at radius 3 is 1.68 bits per heavy atom. The van der Waals surface area contributed by atoms with Crippen LogP contribution in [0.25, 0.3) is 0 Å². The minimum atomic E-state index is -1.28. The number of carbonyl (C=O) groups excluding carboxylic acids is 1. The lowest BCUT2D eigenvalue weighted by Crippen LogP contribution is -2.53. The van der Waals surface area contributed by atoms with E-state index in [0.29, 0.717) is 43.3 Å². The fourth-order valence-electron chi connectivity index (χ4n) is 7.73. The second-order valence-corrected chi connectivity index (χ2v) is 13.7. The van der Waals surface area contributed by atoms with Crippen LogP contribution in [-0.2, 0) is 97.6 Å². The van der Waals surface area contributed by atoms with Gasteiger partial charge in [-0.1, -0.05) is 48.5 Å². The van der Waals surface area contributed by atoms with Gasteiger partial charge in [-0.25, -0.2) is 8.42 Å². The number of Topliss-reactive ketones (excluding diaryl/α,β-unsaturated/α-hetero) is 1. The second-order valence-electron chi connectivity index (χ2n) is 11.4. The normalized spacial score (nSPS) is 31.1. The van der Waals surface area contributed by atoms with Gasteiger partial charge in [0.25, 0.3) is 0 Å². The Bertz CT molecular complexity index is 1590. The maximum Gasteiger partial charge on any atom is 0.160 e. The molecule has 0 aromatic heterocycles. The van der Waals surface area contributed by atoms with E-state index in [1.54, 1.807) is 0 Å². The van der Waals surface area contributed by atoms with Gasteiger partial charge in [0.1, 0.15) is 0 Å². The maximum atomic E-state index is 14.9. The monoisotopic (exact) mass is 530 g/mol. The average molecular weight is 531 g/mol. The lowest BCUT2D eigenvalue weighted by atomic mass is 9.56. The number of rotatable bonds is 0. The van der Waals surface area contributed by atoms with Crippen LogP contribution in [0.2, 0.25) is 0 Å². The summed E-state index contributed by atoms with van der Waals surface area (Å²) in [5.41, 5.74) is 10.7. The van der Waals surface area contributed by atoms with E-state index in [4.69, 9.17) is 8.37 Å². The van der Waals surface area contributed by atoms with Crippen LogP contribution in [0.1, 0.15) is 55.6 Å². The largest absolute Gasteiger partial charge is 0.298 e. The zero-order chi connectivity index (χ0) is 24.9. The molecule has 5 aliphatic rings. The Labute approximate surface area is 220 Å². The van der Waals surface area contributed by atoms with Gasteiger partial charge < -0.3 is 0 Å². The predicted octanol–water partition coefficient (Wildman–Crippen LogP) is 4.02. The molecule has 37 heavy (non-hydrogen) atoms. The standard InChI is InChI=1S/C30H26O5S2/c31-28-29(10-19-5-23-14-34-36(32)16-25(23)7-20(19)11-29)9-18-3-1-2-4-27(18)30(28)12-21-6-24-15-35-37(33)17-26(24)8-22(21)13-30/h1-8H,9-17H2. The zero-order valence-electron chi connectivity index (χ0n) is 20.3. The summed E-state index contributed by atoms with van der Waals surface area (Å²) in [6.45, 7) is 0.739. The van der Waals surface area contributed by atoms with Gasteiger partial charge in [0.15, 0.2) is 27.9 Å². The molecule has 3 aliphatic carbocycles. The molecule has 3 aromatic rings. The molecule has 7 heteroatoms. The quantitative estimate of drug-likeness (QED) is 0.439. The molecular weight excluding hydrogens is 504 g/mol. The van der Waals surface area contributed by atoms with Crippen molar-refractivity contribution in [1.29, 1.82) is 0 Å². The van der Waals surface area contributed by atoms with E-state index < -0.39 is 33.0 Å². The summed E-state index contributed by atoms with van der Waals surface area (Å²) in [7, 11) is 0. The van der Waals surface area contributed by atoms with Crippen molar-refractivity contribution < 1.29 is 21.6 Å². The summed E-state index contributed by atoms with van der Waals surface area (Å²) in [5, 5.41) is 0. The fourth-order valence-corrected chi connectivity index (χ4v) is 9.46. The first-order chi connectivity index (χ1) is 17.9. The minimum absolute atomic E-state index is 0.363. The van der Waals surface area contributed by atoms with E-state index >= 15 is 0 Å². The molecule has 5 nitrogen and oxygen atoms in total. The molecule has 0 amide bonds. The lowest BCUT2D eigenvalue weighted by Gasteiger charge is -2.44. The summed E-state index contributed by atoms with van der Waals surface area (Å²) in [6.07, 6.45) is 3.63. The van der Waals surface area contributed by atoms with Crippen molar-refractivity contribution in [2.45, 2.75) is 62.2 Å². The molecule has 188 valence electrons. The summed E-state index contributed by atoms with van der Waals surface area (Å²) in [6, 6.07) is 17.3. The number of ketones is 1. The Hall–Kier alpha value is -2.45. The highest BCUT2D eigenvalue weighted by Gasteiger charge is 2.59. The van der Waals surface area contributed by atoms with Crippen molar-refractivity contribution in [3.8, 4) is 0 Å². The van der Waals surface area contributed by atoms with Gasteiger partial charge >= 0.3 is 0 Å². The first-order valence-electron chi connectivity index (χ1n) is 12.9. The number of benzene rings is 3. The van der Waals surface area contributed by atoms with Crippen LogP contribution in [0.4, 0.5) is 0 Å². The summed E-state index contributed by atoms with van der Waals surface area (Å²) >= 11 is -2.56. The molecule has 4 atom stereocenters. The van der Waals surface area contributed by atoms with Crippen LogP contribution in [0.3, 0.4) is 0 Å². The van der Waals surface area contributed by atoms with Crippen LogP contribution in [0.15, 0.2) is 48.5 Å². The molecule has 2 heterocycles. The molecule has 0 bridgehead atoms. The summed E-state index contributed by atoms with van der Waals surface area (Å²) < 4.78 is 34.9. The molecule has 8 rings (SSSR count). The van der Waals surface area contributed by atoms with E-state index in [0.717, 1.165) is 41.5 Å². The second kappa shape index (κ2) is 7.79. The molecule has 0 saturated carbocycles. The maximum absolute atomic E-state index is 14.9. The van der Waals surface area contributed by atoms with Crippen molar-refractivity contribution in [2.24, 2.45) is 5.41 Å². The fraction of sp³-hybridized carbons (Fsp3) is 0.367. The first kappa shape index (κ1) is 22.5. The predicted molar refractivity (Wildman–Crippen MR) is 140 cm³/mol. The van der Waals surface area contributed by atoms with E-state index in [1.807, 2.05) is 0 Å². The number of fused-ring (bicyclic) bond motifs is 6. The molecule has 4 unspecified atom stereocenters. The third kappa shape index (κ3) is 3.24. The third-order valence-electron chi connectivity index (χ3n) is 9.30. The van der Waals surface area contributed by atoms with Crippen molar-refractivity contribution in [2.75, 3.05) is 0 Å². The van der Waals surface area contributed by atoms with Crippen molar-refractivity contribution >= 4 is 27.9 Å². The molecule has 0 N–H and O–H groups in total. The van der Waals surface area contributed by atoms with Crippen molar-refractivity contribution in [3.63, 3.8) is 0 Å². The Morgan fingerprint density at radius 1 is 0.595 bits per heavy atom. The SMILES string of the molecule is O=C1C2(Cc3cc4c(cc3C2)CS(=O)OC4)Cc2ccccc2C12Cc1cc3c(cc1C2)CS(=O)OC3. The highest BCUT2D eigenvalue weighted by molar-refractivity contribution is 7.79. The van der Waals surface area contributed by atoms with Gasteiger partial charge in [0.2, 0.25) is 0 Å². The van der Waals surface area contributed by atoms with Gasteiger partial charge in [-0.05, 0) is 87.7 Å². The molecule has 0 fully saturated rings. The molecular formula is C30H26O5S2. The van der Waals surface area contributed by atoms with Crippen molar-refractivity contribution in [1.82, 2.24) is 0 Å². The topological polar surface area (TPSA) is 69.7 Å². The average Bonchev–Trinajstić information content (AvgIpc) is 3.43. The highest BCUT2D eigenvalue weighted by Crippen LogP contribution is 2.55. The van der Waals surface area contributed by atoms with Crippen LogP contribution < -0.4 is 0 Å². The Balaban J connectivity index is 1.23. The minimum Gasteiger partial charge on any atom is -0.298 e. The van der Waals surface area contributed by atoms with Crippen LogP contribution in [0.5, 0.6) is 0 Å². The zero-order valence-corrected chi connectivity index (χ0v) is 22.0. The molecule has 2 spiro atoms. The van der Waals surface area contributed by atoms with Gasteiger partial charge in [-0.2, -0.15) is 0 Å².